The Morgan fingerprint density at radius 3 is 1.60 bits per heavy atom. The Morgan fingerprint density at radius 2 is 0.960 bits per heavy atom. The van der Waals surface area contributed by atoms with E-state index < -0.39 is 0 Å². The van der Waals surface area contributed by atoms with Crippen LogP contribution in [0, 0.1) is 0 Å². The van der Waals surface area contributed by atoms with Crippen LogP contribution in [0.15, 0.2) is 78.9 Å². The lowest BCUT2D eigenvalue weighted by Gasteiger charge is -2.42. The van der Waals surface area contributed by atoms with Crippen LogP contribution in [0.3, 0.4) is 0 Å². The molecule has 4 aromatic rings. The predicted molar refractivity (Wildman–Crippen MR) is 101 cm³/mol. The largest absolute Gasteiger partial charge is 0.325 e. The lowest BCUT2D eigenvalue weighted by Crippen LogP contribution is -2.40. The molecule has 1 nitrogen and oxygen atoms in total. The van der Waals surface area contributed by atoms with Gasteiger partial charge in [0, 0.05) is 17.9 Å². The van der Waals surface area contributed by atoms with E-state index in [4.69, 9.17) is 0 Å². The molecule has 0 aliphatic heterocycles. The van der Waals surface area contributed by atoms with Gasteiger partial charge in [-0.25, -0.2) is 0 Å². The summed E-state index contributed by atoms with van der Waals surface area (Å²) in [6, 6.07) is 29.3. The SMILES string of the molecule is [NH3+]c1ccc2c(c1)C1c3ccccc3C2c2cc3ccccc3cc21. The number of hydrogen-bond acceptors (Lipinski definition) is 0. The first-order valence-corrected chi connectivity index (χ1v) is 8.88. The maximum absolute atomic E-state index is 4.17. The van der Waals surface area contributed by atoms with Gasteiger partial charge in [0.1, 0.15) is 5.69 Å². The van der Waals surface area contributed by atoms with Crippen LogP contribution in [0.4, 0.5) is 5.69 Å². The summed E-state index contributed by atoms with van der Waals surface area (Å²) in [4.78, 5) is 0. The second kappa shape index (κ2) is 4.59. The average molecular weight is 320 g/mol. The van der Waals surface area contributed by atoms with Gasteiger partial charge >= 0.3 is 0 Å². The van der Waals surface area contributed by atoms with Gasteiger partial charge in [-0.15, -0.1) is 0 Å². The first-order chi connectivity index (χ1) is 12.3. The number of rotatable bonds is 0. The van der Waals surface area contributed by atoms with Crippen LogP contribution < -0.4 is 5.73 Å². The van der Waals surface area contributed by atoms with Gasteiger partial charge in [0.2, 0.25) is 0 Å². The van der Waals surface area contributed by atoms with Crippen molar-refractivity contribution in [2.75, 3.05) is 0 Å². The van der Waals surface area contributed by atoms with Gasteiger partial charge in [0.05, 0.1) is 0 Å². The zero-order valence-corrected chi connectivity index (χ0v) is 13.9. The third-order valence-electron chi connectivity index (χ3n) is 5.96. The Kier molecular flexibility index (Phi) is 2.46. The third-order valence-corrected chi connectivity index (χ3v) is 5.96. The quantitative estimate of drug-likeness (QED) is 0.420. The predicted octanol–water partition coefficient (Wildman–Crippen LogP) is 4.70. The Bertz CT molecular complexity index is 1170. The monoisotopic (exact) mass is 320 g/mol. The maximum Gasteiger partial charge on any atom is 0.128 e. The second-order valence-corrected chi connectivity index (χ2v) is 7.29. The molecular weight excluding hydrogens is 302 g/mol. The van der Waals surface area contributed by atoms with Crippen molar-refractivity contribution in [3.8, 4) is 0 Å². The van der Waals surface area contributed by atoms with Gasteiger partial charge in [-0.3, -0.25) is 0 Å². The van der Waals surface area contributed by atoms with Gasteiger partial charge in [0.25, 0.3) is 0 Å². The Hall–Kier alpha value is -2.90. The molecule has 2 atom stereocenters. The fourth-order valence-corrected chi connectivity index (χ4v) is 4.95. The van der Waals surface area contributed by atoms with Crippen molar-refractivity contribution in [1.29, 1.82) is 0 Å². The Labute approximate surface area is 146 Å². The van der Waals surface area contributed by atoms with Gasteiger partial charge in [-0.2, -0.15) is 0 Å². The van der Waals surface area contributed by atoms with Gasteiger partial charge in [-0.05, 0) is 62.4 Å². The second-order valence-electron chi connectivity index (χ2n) is 7.29. The molecule has 3 aliphatic carbocycles. The molecule has 0 saturated heterocycles. The number of quaternary nitrogens is 1. The molecule has 0 saturated carbocycles. The normalized spacial score (nSPS) is 19.4. The molecule has 3 N–H and O–H groups in total. The first-order valence-electron chi connectivity index (χ1n) is 8.88. The van der Waals surface area contributed by atoms with Crippen LogP contribution in [0.25, 0.3) is 10.8 Å². The molecule has 7 rings (SSSR count). The molecule has 1 heteroatoms. The summed E-state index contributed by atoms with van der Waals surface area (Å²) >= 11 is 0. The van der Waals surface area contributed by atoms with E-state index in [0.29, 0.717) is 11.8 Å². The van der Waals surface area contributed by atoms with Crippen LogP contribution >= 0.6 is 0 Å². The molecule has 0 spiro atoms. The van der Waals surface area contributed by atoms with Crippen molar-refractivity contribution >= 4 is 16.5 Å². The molecule has 0 amide bonds. The number of benzene rings is 4. The van der Waals surface area contributed by atoms with Crippen LogP contribution in [0.2, 0.25) is 0 Å². The number of fused-ring (bicyclic) bond motifs is 1. The van der Waals surface area contributed by atoms with E-state index >= 15 is 0 Å². The molecular formula is C24H18N+. The Morgan fingerprint density at radius 1 is 0.480 bits per heavy atom. The van der Waals surface area contributed by atoms with Crippen LogP contribution in [0.5, 0.6) is 0 Å². The highest BCUT2D eigenvalue weighted by Gasteiger charge is 2.41. The minimum atomic E-state index is 0.331. The van der Waals surface area contributed by atoms with Crippen molar-refractivity contribution in [2.45, 2.75) is 11.8 Å². The van der Waals surface area contributed by atoms with Crippen molar-refractivity contribution in [1.82, 2.24) is 0 Å². The van der Waals surface area contributed by atoms with E-state index in [1.54, 1.807) is 0 Å². The van der Waals surface area contributed by atoms with Crippen molar-refractivity contribution in [2.24, 2.45) is 0 Å². The minimum absolute atomic E-state index is 0.331. The summed E-state index contributed by atoms with van der Waals surface area (Å²) < 4.78 is 0. The number of hydrogen-bond donors (Lipinski definition) is 1. The summed E-state index contributed by atoms with van der Waals surface area (Å²) in [6.07, 6.45) is 0. The van der Waals surface area contributed by atoms with E-state index in [-0.39, 0.29) is 0 Å². The highest BCUT2D eigenvalue weighted by Crippen LogP contribution is 2.56. The molecule has 118 valence electrons. The summed E-state index contributed by atoms with van der Waals surface area (Å²) in [5, 5.41) is 2.67. The van der Waals surface area contributed by atoms with Gasteiger partial charge in [-0.1, -0.05) is 54.6 Å². The van der Waals surface area contributed by atoms with Crippen LogP contribution in [0.1, 0.15) is 45.2 Å². The standard InChI is InChI=1S/C24H17N/c25-16-9-10-19-22(13-16)24-18-8-4-3-7-17(18)23(19)20-11-14-5-1-2-6-15(14)12-21(20)24/h1-13,23-24H,25H2/p+1. The zero-order valence-electron chi connectivity index (χ0n) is 13.9. The summed E-state index contributed by atoms with van der Waals surface area (Å²) in [7, 11) is 0. The molecule has 0 heterocycles. The van der Waals surface area contributed by atoms with Crippen molar-refractivity contribution < 1.29 is 5.73 Å². The highest BCUT2D eigenvalue weighted by atomic mass is 14.6. The van der Waals surface area contributed by atoms with E-state index in [0.717, 1.165) is 5.69 Å². The first kappa shape index (κ1) is 13.4. The smallest absolute Gasteiger partial charge is 0.128 e. The summed E-state index contributed by atoms with van der Waals surface area (Å²) in [5.41, 5.74) is 14.1. The van der Waals surface area contributed by atoms with E-state index in [2.05, 4.69) is 84.6 Å². The molecule has 2 unspecified atom stereocenters. The minimum Gasteiger partial charge on any atom is -0.325 e. The fourth-order valence-electron chi connectivity index (χ4n) is 4.95. The molecule has 25 heavy (non-hydrogen) atoms. The van der Waals surface area contributed by atoms with Crippen molar-refractivity contribution in [3.63, 3.8) is 0 Å². The summed E-state index contributed by atoms with van der Waals surface area (Å²) in [5.74, 6) is 0.675. The van der Waals surface area contributed by atoms with Crippen LogP contribution in [-0.4, -0.2) is 0 Å². The average Bonchev–Trinajstić information content (AvgIpc) is 2.65. The zero-order chi connectivity index (χ0) is 16.5. The van der Waals surface area contributed by atoms with Gasteiger partial charge < -0.3 is 5.73 Å². The van der Waals surface area contributed by atoms with E-state index in [1.165, 1.54) is 44.2 Å². The molecule has 0 radical (unpaired) electrons. The third kappa shape index (κ3) is 1.66. The fraction of sp³-hybridized carbons (Fsp3) is 0.0833. The van der Waals surface area contributed by atoms with Gasteiger partial charge in [0.15, 0.2) is 0 Å². The molecule has 3 aliphatic rings. The molecule has 0 fully saturated rings. The highest BCUT2D eigenvalue weighted by molar-refractivity contribution is 5.87. The summed E-state index contributed by atoms with van der Waals surface area (Å²) in [6.45, 7) is 0. The van der Waals surface area contributed by atoms with Crippen molar-refractivity contribution in [3.05, 3.63) is 112 Å². The lowest BCUT2D eigenvalue weighted by molar-refractivity contribution is -0.254. The lowest BCUT2D eigenvalue weighted by atomic mass is 9.61. The van der Waals surface area contributed by atoms with E-state index in [9.17, 15) is 0 Å². The molecule has 0 aromatic heterocycles. The Balaban J connectivity index is 1.75. The topological polar surface area (TPSA) is 27.6 Å². The maximum atomic E-state index is 4.17. The van der Waals surface area contributed by atoms with Crippen LogP contribution in [-0.2, 0) is 0 Å². The molecule has 2 bridgehead atoms. The van der Waals surface area contributed by atoms with E-state index in [1.807, 2.05) is 0 Å². The molecule has 4 aromatic carbocycles.